The molecule has 0 aromatic heterocycles. The van der Waals surface area contributed by atoms with Crippen LogP contribution in [0.25, 0.3) is 0 Å². The fraction of sp³-hybridized carbons (Fsp3) is 0.923. The molecule has 0 aromatic rings. The Bertz CT molecular complexity index is 253. The standard InChI is InChI=1S/C12H26N2O6.CH4/c1-9(15)12(17)10(18-2)7-14-11(16)8-20-6-5-19-4-3-13;/h9-10,12,15,17H,3-8,13H2,1-2H3,(H,14,16);1H4. The van der Waals surface area contributed by atoms with Crippen molar-refractivity contribution in [2.45, 2.75) is 32.7 Å². The lowest BCUT2D eigenvalue weighted by atomic mass is 10.1. The molecule has 0 aliphatic rings. The first-order valence-electron chi connectivity index (χ1n) is 6.54. The summed E-state index contributed by atoms with van der Waals surface area (Å²) in [6, 6.07) is 0. The minimum absolute atomic E-state index is 0. The van der Waals surface area contributed by atoms with Crippen molar-refractivity contribution >= 4 is 5.91 Å². The second-order valence-corrected chi connectivity index (χ2v) is 4.26. The summed E-state index contributed by atoms with van der Waals surface area (Å²) in [6.45, 7) is 3.03. The summed E-state index contributed by atoms with van der Waals surface area (Å²) in [5, 5.41) is 21.4. The number of aliphatic hydroxyl groups excluding tert-OH is 2. The first kappa shape index (κ1) is 22.5. The minimum Gasteiger partial charge on any atom is -0.391 e. The number of hydrogen-bond donors (Lipinski definition) is 4. The topological polar surface area (TPSA) is 123 Å². The van der Waals surface area contributed by atoms with Crippen molar-refractivity contribution in [3.05, 3.63) is 0 Å². The number of rotatable bonds is 12. The van der Waals surface area contributed by atoms with Crippen LogP contribution >= 0.6 is 0 Å². The zero-order valence-corrected chi connectivity index (χ0v) is 12.1. The molecule has 0 heterocycles. The quantitative estimate of drug-likeness (QED) is 0.323. The van der Waals surface area contributed by atoms with Gasteiger partial charge in [-0.2, -0.15) is 0 Å². The van der Waals surface area contributed by atoms with Crippen LogP contribution in [0.5, 0.6) is 0 Å². The Hall–Kier alpha value is -0.770. The predicted octanol–water partition coefficient (Wildman–Crippen LogP) is -1.51. The van der Waals surface area contributed by atoms with E-state index in [4.69, 9.17) is 19.9 Å². The van der Waals surface area contributed by atoms with Gasteiger partial charge in [-0.05, 0) is 6.92 Å². The molecule has 3 unspecified atom stereocenters. The van der Waals surface area contributed by atoms with Crippen molar-refractivity contribution in [2.24, 2.45) is 5.73 Å². The van der Waals surface area contributed by atoms with Gasteiger partial charge in [0.25, 0.3) is 0 Å². The van der Waals surface area contributed by atoms with E-state index in [2.05, 4.69) is 5.32 Å². The summed E-state index contributed by atoms with van der Waals surface area (Å²) >= 11 is 0. The molecule has 0 saturated heterocycles. The van der Waals surface area contributed by atoms with E-state index >= 15 is 0 Å². The highest BCUT2D eigenvalue weighted by atomic mass is 16.5. The minimum atomic E-state index is -1.06. The van der Waals surface area contributed by atoms with Crippen LogP contribution in [-0.4, -0.2) is 81.1 Å². The molecule has 1 amide bonds. The molecule has 0 aliphatic carbocycles. The molecular formula is C13H30N2O6. The Balaban J connectivity index is 0. The van der Waals surface area contributed by atoms with E-state index in [-0.39, 0.29) is 26.5 Å². The van der Waals surface area contributed by atoms with Crippen molar-refractivity contribution in [2.75, 3.05) is 46.6 Å². The van der Waals surface area contributed by atoms with E-state index in [1.165, 1.54) is 14.0 Å². The molecule has 8 heteroatoms. The Labute approximate surface area is 126 Å². The summed E-state index contributed by atoms with van der Waals surface area (Å²) in [5.74, 6) is -0.330. The van der Waals surface area contributed by atoms with E-state index in [9.17, 15) is 15.0 Å². The molecule has 0 radical (unpaired) electrons. The van der Waals surface area contributed by atoms with Crippen LogP contribution in [0.15, 0.2) is 0 Å². The average molecular weight is 310 g/mol. The Morgan fingerprint density at radius 3 is 2.38 bits per heavy atom. The van der Waals surface area contributed by atoms with E-state index < -0.39 is 18.3 Å². The third-order valence-corrected chi connectivity index (χ3v) is 2.55. The second kappa shape index (κ2) is 14.2. The van der Waals surface area contributed by atoms with Gasteiger partial charge in [0, 0.05) is 20.2 Å². The highest BCUT2D eigenvalue weighted by Crippen LogP contribution is 2.02. The normalized spacial score (nSPS) is 14.9. The van der Waals surface area contributed by atoms with Gasteiger partial charge in [-0.15, -0.1) is 0 Å². The molecule has 0 aromatic carbocycles. The molecule has 21 heavy (non-hydrogen) atoms. The molecule has 0 rings (SSSR count). The van der Waals surface area contributed by atoms with E-state index in [1.807, 2.05) is 0 Å². The number of amides is 1. The Morgan fingerprint density at radius 1 is 1.24 bits per heavy atom. The molecule has 0 aliphatic heterocycles. The number of carbonyl (C=O) groups excluding carboxylic acids is 1. The van der Waals surface area contributed by atoms with Crippen LogP contribution in [0.4, 0.5) is 0 Å². The van der Waals surface area contributed by atoms with E-state index in [1.54, 1.807) is 0 Å². The lowest BCUT2D eigenvalue weighted by Gasteiger charge is -2.23. The van der Waals surface area contributed by atoms with Crippen LogP contribution in [0.2, 0.25) is 0 Å². The van der Waals surface area contributed by atoms with Gasteiger partial charge in [0.1, 0.15) is 18.8 Å². The van der Waals surface area contributed by atoms with Gasteiger partial charge < -0.3 is 35.5 Å². The molecule has 0 saturated carbocycles. The van der Waals surface area contributed by atoms with Crippen LogP contribution in [0.3, 0.4) is 0 Å². The number of aliphatic hydroxyl groups is 2. The maximum absolute atomic E-state index is 11.4. The van der Waals surface area contributed by atoms with Crippen LogP contribution in [0.1, 0.15) is 14.4 Å². The zero-order valence-electron chi connectivity index (χ0n) is 12.1. The largest absolute Gasteiger partial charge is 0.391 e. The summed E-state index contributed by atoms with van der Waals surface area (Å²) in [7, 11) is 1.40. The second-order valence-electron chi connectivity index (χ2n) is 4.26. The number of hydrogen-bond acceptors (Lipinski definition) is 7. The summed E-state index contributed by atoms with van der Waals surface area (Å²) in [4.78, 5) is 11.4. The van der Waals surface area contributed by atoms with Crippen molar-refractivity contribution in [1.82, 2.24) is 5.32 Å². The number of nitrogens with one attached hydrogen (secondary N) is 1. The van der Waals surface area contributed by atoms with Gasteiger partial charge in [-0.1, -0.05) is 7.43 Å². The van der Waals surface area contributed by atoms with Crippen molar-refractivity contribution in [3.8, 4) is 0 Å². The molecule has 0 fully saturated rings. The van der Waals surface area contributed by atoms with E-state index in [0.29, 0.717) is 26.4 Å². The van der Waals surface area contributed by atoms with Gasteiger partial charge in [0.15, 0.2) is 0 Å². The maximum atomic E-state index is 11.4. The maximum Gasteiger partial charge on any atom is 0.246 e. The molecule has 5 N–H and O–H groups in total. The Kier molecular flexibility index (Phi) is 15.2. The first-order chi connectivity index (χ1) is 9.52. The van der Waals surface area contributed by atoms with Crippen LogP contribution in [-0.2, 0) is 19.0 Å². The van der Waals surface area contributed by atoms with Crippen LogP contribution < -0.4 is 11.1 Å². The summed E-state index contributed by atoms with van der Waals surface area (Å²) in [6.07, 6.45) is -2.68. The molecule has 0 spiro atoms. The lowest BCUT2D eigenvalue weighted by molar-refractivity contribution is -0.128. The number of ether oxygens (including phenoxy) is 3. The third kappa shape index (κ3) is 11.6. The monoisotopic (exact) mass is 310 g/mol. The molecular weight excluding hydrogens is 280 g/mol. The molecule has 8 nitrogen and oxygen atoms in total. The fourth-order valence-electron chi connectivity index (χ4n) is 1.39. The first-order valence-corrected chi connectivity index (χ1v) is 6.54. The van der Waals surface area contributed by atoms with Gasteiger partial charge in [-0.25, -0.2) is 0 Å². The van der Waals surface area contributed by atoms with Crippen molar-refractivity contribution in [1.29, 1.82) is 0 Å². The fourth-order valence-corrected chi connectivity index (χ4v) is 1.39. The Morgan fingerprint density at radius 2 is 1.86 bits per heavy atom. The average Bonchev–Trinajstić information content (AvgIpc) is 2.42. The predicted molar refractivity (Wildman–Crippen MR) is 78.9 cm³/mol. The highest BCUT2D eigenvalue weighted by molar-refractivity contribution is 5.77. The number of carbonyl (C=O) groups is 1. The zero-order chi connectivity index (χ0) is 15.4. The third-order valence-electron chi connectivity index (χ3n) is 2.55. The molecule has 0 bridgehead atoms. The van der Waals surface area contributed by atoms with Crippen molar-refractivity contribution < 1.29 is 29.2 Å². The van der Waals surface area contributed by atoms with Gasteiger partial charge in [0.2, 0.25) is 5.91 Å². The van der Waals surface area contributed by atoms with Gasteiger partial charge in [-0.3, -0.25) is 4.79 Å². The smallest absolute Gasteiger partial charge is 0.246 e. The SMILES string of the molecule is C.COC(CNC(=O)COCCOCCN)C(O)C(C)O. The van der Waals surface area contributed by atoms with Crippen LogP contribution in [0, 0.1) is 0 Å². The molecule has 3 atom stereocenters. The van der Waals surface area contributed by atoms with E-state index in [0.717, 1.165) is 0 Å². The van der Waals surface area contributed by atoms with Crippen molar-refractivity contribution in [3.63, 3.8) is 0 Å². The lowest BCUT2D eigenvalue weighted by Crippen LogP contribution is -2.45. The number of methoxy groups -OCH3 is 1. The number of nitrogens with two attached hydrogens (primary N) is 1. The van der Waals surface area contributed by atoms with Gasteiger partial charge in [0.05, 0.1) is 25.9 Å². The summed E-state index contributed by atoms with van der Waals surface area (Å²) < 4.78 is 15.2. The highest BCUT2D eigenvalue weighted by Gasteiger charge is 2.23. The summed E-state index contributed by atoms with van der Waals surface area (Å²) in [5.41, 5.74) is 5.24. The molecule has 128 valence electrons. The van der Waals surface area contributed by atoms with Gasteiger partial charge >= 0.3 is 0 Å².